The maximum Gasteiger partial charge on any atom is 0.216 e. The Morgan fingerprint density at radius 2 is 2.27 bits per heavy atom. The lowest BCUT2D eigenvalue weighted by atomic mass is 10.2. The van der Waals surface area contributed by atoms with Crippen LogP contribution in [0.15, 0.2) is 12.4 Å². The minimum atomic E-state index is -0.728. The molecule has 1 N–H and O–H groups in total. The smallest absolute Gasteiger partial charge is 0.216 e. The molecule has 0 aliphatic heterocycles. The Kier molecular flexibility index (Phi) is 5.00. The van der Waals surface area contributed by atoms with Gasteiger partial charge in [-0.15, -0.1) is 0 Å². The van der Waals surface area contributed by atoms with Gasteiger partial charge in [-0.2, -0.15) is 0 Å². The fourth-order valence-electron chi connectivity index (χ4n) is 1.07. The Morgan fingerprint density at radius 1 is 1.47 bits per heavy atom. The fraction of sp³-hybridized carbons (Fsp3) is 0.600. The number of hydrogen-bond donors (Lipinski definition) is 1. The average Bonchev–Trinajstić information content (AvgIpc) is 2.29. The van der Waals surface area contributed by atoms with Crippen molar-refractivity contribution in [2.75, 3.05) is 20.3 Å². The number of aliphatic hydroxyl groups is 1. The van der Waals surface area contributed by atoms with Gasteiger partial charge >= 0.3 is 0 Å². The first kappa shape index (κ1) is 11.9. The predicted molar refractivity (Wildman–Crippen MR) is 54.7 cm³/mol. The van der Waals surface area contributed by atoms with Crippen LogP contribution in [0.1, 0.15) is 25.1 Å². The van der Waals surface area contributed by atoms with E-state index in [1.807, 2.05) is 6.92 Å². The molecule has 0 radical (unpaired) electrons. The van der Waals surface area contributed by atoms with Crippen LogP contribution in [0.3, 0.4) is 0 Å². The summed E-state index contributed by atoms with van der Waals surface area (Å²) < 4.78 is 10.1. The molecule has 0 aliphatic rings. The molecule has 84 valence electrons. The van der Waals surface area contributed by atoms with E-state index in [0.29, 0.717) is 18.2 Å². The molecule has 5 nitrogen and oxygen atoms in total. The lowest BCUT2D eigenvalue weighted by Crippen LogP contribution is -2.09. The summed E-state index contributed by atoms with van der Waals surface area (Å²) in [6.45, 7) is 2.90. The van der Waals surface area contributed by atoms with E-state index >= 15 is 0 Å². The van der Waals surface area contributed by atoms with Crippen LogP contribution in [-0.4, -0.2) is 35.4 Å². The van der Waals surface area contributed by atoms with Gasteiger partial charge in [0.15, 0.2) is 0 Å². The summed E-state index contributed by atoms with van der Waals surface area (Å²) in [4.78, 5) is 7.80. The maximum absolute atomic E-state index is 9.70. The molecule has 0 fully saturated rings. The maximum atomic E-state index is 9.70. The second-order valence-electron chi connectivity index (χ2n) is 3.08. The van der Waals surface area contributed by atoms with Gasteiger partial charge in [-0.25, -0.2) is 9.97 Å². The van der Waals surface area contributed by atoms with E-state index < -0.39 is 6.10 Å². The Bertz CT molecular complexity index is 294. The van der Waals surface area contributed by atoms with Gasteiger partial charge in [0.25, 0.3) is 0 Å². The monoisotopic (exact) mass is 212 g/mol. The van der Waals surface area contributed by atoms with Crippen LogP contribution in [-0.2, 0) is 4.74 Å². The van der Waals surface area contributed by atoms with Crippen molar-refractivity contribution in [2.24, 2.45) is 0 Å². The van der Waals surface area contributed by atoms with E-state index in [1.54, 1.807) is 6.07 Å². The molecule has 1 unspecified atom stereocenters. The Hall–Kier alpha value is -1.20. The molecule has 0 saturated heterocycles. The third kappa shape index (κ3) is 3.81. The van der Waals surface area contributed by atoms with Gasteiger partial charge in [0.05, 0.1) is 19.4 Å². The van der Waals surface area contributed by atoms with Crippen molar-refractivity contribution in [2.45, 2.75) is 19.4 Å². The molecule has 0 saturated carbocycles. The minimum Gasteiger partial charge on any atom is -0.481 e. The van der Waals surface area contributed by atoms with Crippen LogP contribution in [0, 0.1) is 0 Å². The van der Waals surface area contributed by atoms with E-state index in [4.69, 9.17) is 9.47 Å². The van der Waals surface area contributed by atoms with Crippen molar-refractivity contribution >= 4 is 0 Å². The van der Waals surface area contributed by atoms with Gasteiger partial charge in [0.1, 0.15) is 12.4 Å². The molecule has 1 aromatic rings. The van der Waals surface area contributed by atoms with Crippen LogP contribution in [0.5, 0.6) is 5.88 Å². The highest BCUT2D eigenvalue weighted by atomic mass is 16.5. The van der Waals surface area contributed by atoms with Crippen molar-refractivity contribution in [3.63, 3.8) is 0 Å². The van der Waals surface area contributed by atoms with Crippen LogP contribution in [0.4, 0.5) is 0 Å². The summed E-state index contributed by atoms with van der Waals surface area (Å²) in [6.07, 6.45) is 1.56. The highest BCUT2D eigenvalue weighted by Crippen LogP contribution is 2.14. The molecule has 0 amide bonds. The number of nitrogens with zero attached hydrogens (tertiary/aromatic N) is 2. The van der Waals surface area contributed by atoms with Gasteiger partial charge in [0.2, 0.25) is 5.88 Å². The molecule has 1 rings (SSSR count). The van der Waals surface area contributed by atoms with Gasteiger partial charge in [0, 0.05) is 12.7 Å². The normalized spacial score (nSPS) is 12.5. The summed E-state index contributed by atoms with van der Waals surface area (Å²) >= 11 is 0. The number of methoxy groups -OCH3 is 1. The second kappa shape index (κ2) is 6.31. The van der Waals surface area contributed by atoms with Crippen LogP contribution >= 0.6 is 0 Å². The second-order valence-corrected chi connectivity index (χ2v) is 3.08. The fourth-order valence-corrected chi connectivity index (χ4v) is 1.07. The molecule has 0 aliphatic carbocycles. The number of rotatable bonds is 6. The van der Waals surface area contributed by atoms with E-state index in [-0.39, 0.29) is 6.61 Å². The van der Waals surface area contributed by atoms with Crippen LogP contribution in [0.2, 0.25) is 0 Å². The first-order chi connectivity index (χ1) is 7.27. The van der Waals surface area contributed by atoms with Gasteiger partial charge in [-0.05, 0) is 6.42 Å². The topological polar surface area (TPSA) is 64.5 Å². The predicted octanol–water partition coefficient (Wildman–Crippen LogP) is 0.945. The third-order valence-corrected chi connectivity index (χ3v) is 1.84. The van der Waals surface area contributed by atoms with Gasteiger partial charge < -0.3 is 14.6 Å². The molecule has 15 heavy (non-hydrogen) atoms. The first-order valence-corrected chi connectivity index (χ1v) is 4.89. The summed E-state index contributed by atoms with van der Waals surface area (Å²) in [6, 6.07) is 1.60. The van der Waals surface area contributed by atoms with E-state index in [9.17, 15) is 5.11 Å². The minimum absolute atomic E-state index is 0.244. The highest BCUT2D eigenvalue weighted by Gasteiger charge is 2.10. The summed E-state index contributed by atoms with van der Waals surface area (Å²) in [7, 11) is 1.52. The zero-order valence-electron chi connectivity index (χ0n) is 9.01. The van der Waals surface area contributed by atoms with Crippen molar-refractivity contribution in [1.29, 1.82) is 0 Å². The quantitative estimate of drug-likeness (QED) is 0.711. The standard InChI is InChI=1S/C10H16N2O3/c1-3-4-15-6-9(13)8-5-10(14-2)12-7-11-8/h5,7,9,13H,3-4,6H2,1-2H3. The Balaban J connectivity index is 2.52. The van der Waals surface area contributed by atoms with Crippen molar-refractivity contribution < 1.29 is 14.6 Å². The lowest BCUT2D eigenvalue weighted by molar-refractivity contribution is 0.0340. The molecule has 1 heterocycles. The van der Waals surface area contributed by atoms with E-state index in [1.165, 1.54) is 13.4 Å². The number of hydrogen-bond acceptors (Lipinski definition) is 5. The molecule has 0 spiro atoms. The largest absolute Gasteiger partial charge is 0.481 e. The van der Waals surface area contributed by atoms with E-state index in [0.717, 1.165) is 6.42 Å². The molecular weight excluding hydrogens is 196 g/mol. The van der Waals surface area contributed by atoms with Crippen LogP contribution in [0.25, 0.3) is 0 Å². The molecule has 1 aromatic heterocycles. The zero-order valence-corrected chi connectivity index (χ0v) is 9.01. The number of aliphatic hydroxyl groups excluding tert-OH is 1. The summed E-state index contributed by atoms with van der Waals surface area (Å²) in [5.41, 5.74) is 0.512. The molecule has 5 heteroatoms. The average molecular weight is 212 g/mol. The van der Waals surface area contributed by atoms with E-state index in [2.05, 4.69) is 9.97 Å². The first-order valence-electron chi connectivity index (χ1n) is 4.89. The summed E-state index contributed by atoms with van der Waals surface area (Å²) in [5, 5.41) is 9.70. The highest BCUT2D eigenvalue weighted by molar-refractivity contribution is 5.15. The van der Waals surface area contributed by atoms with Gasteiger partial charge in [-0.3, -0.25) is 0 Å². The molecule has 1 atom stereocenters. The van der Waals surface area contributed by atoms with Crippen molar-refractivity contribution in [3.8, 4) is 5.88 Å². The Labute approximate surface area is 89.1 Å². The van der Waals surface area contributed by atoms with Crippen LogP contribution < -0.4 is 4.74 Å². The number of ether oxygens (including phenoxy) is 2. The number of aromatic nitrogens is 2. The molecule has 0 bridgehead atoms. The zero-order chi connectivity index (χ0) is 11.1. The SMILES string of the molecule is CCCOCC(O)c1cc(OC)ncn1. The summed E-state index contributed by atoms with van der Waals surface area (Å²) in [5.74, 6) is 0.439. The lowest BCUT2D eigenvalue weighted by Gasteiger charge is -2.10. The van der Waals surface area contributed by atoms with Crippen molar-refractivity contribution in [3.05, 3.63) is 18.1 Å². The van der Waals surface area contributed by atoms with Crippen molar-refractivity contribution in [1.82, 2.24) is 9.97 Å². The van der Waals surface area contributed by atoms with Gasteiger partial charge in [-0.1, -0.05) is 6.92 Å². The molecule has 0 aromatic carbocycles. The third-order valence-electron chi connectivity index (χ3n) is 1.84. The molecular formula is C10H16N2O3. The Morgan fingerprint density at radius 3 is 2.93 bits per heavy atom.